The van der Waals surface area contributed by atoms with Gasteiger partial charge in [0.25, 0.3) is 0 Å². The fraction of sp³-hybridized carbons (Fsp3) is 0.333. The SMILES string of the molecule is CN(CC(=O)N(Cc1ccc(C2CCCCC2)cc1)c1ccc(NCC(=O)O)cc1)S(=O)(=O)c1c(F)c(F)c(F)c(F)c1F. The summed E-state index contributed by atoms with van der Waals surface area (Å²) in [6.45, 7) is -1.43. The number of sulfonamides is 1. The van der Waals surface area contributed by atoms with E-state index in [-0.39, 0.29) is 23.1 Å². The van der Waals surface area contributed by atoms with Crippen molar-refractivity contribution in [1.29, 1.82) is 0 Å². The summed E-state index contributed by atoms with van der Waals surface area (Å²) >= 11 is 0. The zero-order chi connectivity index (χ0) is 32.2. The summed E-state index contributed by atoms with van der Waals surface area (Å²) in [6, 6.07) is 13.6. The maximum absolute atomic E-state index is 14.4. The molecule has 1 fully saturated rings. The Hall–Kier alpha value is -4.04. The van der Waals surface area contributed by atoms with Gasteiger partial charge in [0.2, 0.25) is 21.7 Å². The smallest absolute Gasteiger partial charge is 0.322 e. The molecule has 3 aromatic carbocycles. The van der Waals surface area contributed by atoms with E-state index >= 15 is 0 Å². The van der Waals surface area contributed by atoms with Crippen LogP contribution in [0.1, 0.15) is 49.1 Å². The lowest BCUT2D eigenvalue weighted by molar-refractivity contribution is -0.135. The summed E-state index contributed by atoms with van der Waals surface area (Å²) in [5, 5.41) is 11.6. The number of amides is 1. The molecule has 0 atom stereocenters. The van der Waals surface area contributed by atoms with Crippen LogP contribution in [0, 0.1) is 29.1 Å². The lowest BCUT2D eigenvalue weighted by Crippen LogP contribution is -2.41. The molecule has 0 spiro atoms. The second-order valence-corrected chi connectivity index (χ2v) is 12.5. The molecular formula is C30H30F5N3O5S. The van der Waals surface area contributed by atoms with Crippen molar-refractivity contribution in [2.75, 3.05) is 30.4 Å². The van der Waals surface area contributed by atoms with Crippen molar-refractivity contribution in [3.8, 4) is 0 Å². The molecule has 1 aliphatic rings. The highest BCUT2D eigenvalue weighted by Crippen LogP contribution is 2.33. The molecule has 14 heteroatoms. The number of carboxylic acids is 1. The van der Waals surface area contributed by atoms with Gasteiger partial charge in [-0.3, -0.25) is 9.59 Å². The lowest BCUT2D eigenvalue weighted by Gasteiger charge is -2.27. The van der Waals surface area contributed by atoms with Gasteiger partial charge in [-0.2, -0.15) is 4.31 Å². The number of rotatable bonds is 11. The van der Waals surface area contributed by atoms with Crippen LogP contribution in [0.25, 0.3) is 0 Å². The molecule has 1 amide bonds. The van der Waals surface area contributed by atoms with Crippen molar-refractivity contribution >= 4 is 33.3 Å². The molecule has 236 valence electrons. The average Bonchev–Trinajstić information content (AvgIpc) is 3.01. The van der Waals surface area contributed by atoms with Crippen LogP contribution >= 0.6 is 0 Å². The molecule has 44 heavy (non-hydrogen) atoms. The van der Waals surface area contributed by atoms with Crippen molar-refractivity contribution in [2.24, 2.45) is 0 Å². The molecule has 1 saturated carbocycles. The van der Waals surface area contributed by atoms with Gasteiger partial charge in [-0.15, -0.1) is 0 Å². The molecule has 0 bridgehead atoms. The van der Waals surface area contributed by atoms with Gasteiger partial charge in [0.05, 0.1) is 13.1 Å². The number of carboxylic acid groups (broad SMARTS) is 1. The Bertz CT molecular complexity index is 1600. The fourth-order valence-electron chi connectivity index (χ4n) is 5.10. The normalized spacial score (nSPS) is 14.1. The first kappa shape index (κ1) is 32.9. The maximum atomic E-state index is 14.4. The van der Waals surface area contributed by atoms with Crippen LogP contribution in [0.15, 0.2) is 53.4 Å². The summed E-state index contributed by atoms with van der Waals surface area (Å²) in [5.74, 6) is -14.0. The summed E-state index contributed by atoms with van der Waals surface area (Å²) < 4.78 is 95.9. The zero-order valence-electron chi connectivity index (χ0n) is 23.6. The van der Waals surface area contributed by atoms with E-state index < -0.39 is 62.4 Å². The van der Waals surface area contributed by atoms with E-state index in [0.29, 0.717) is 17.2 Å². The quantitative estimate of drug-likeness (QED) is 0.157. The molecule has 3 aromatic rings. The van der Waals surface area contributed by atoms with E-state index in [4.69, 9.17) is 5.11 Å². The Morgan fingerprint density at radius 2 is 1.39 bits per heavy atom. The van der Waals surface area contributed by atoms with E-state index in [9.17, 15) is 40.0 Å². The highest BCUT2D eigenvalue weighted by Gasteiger charge is 2.37. The van der Waals surface area contributed by atoms with Gasteiger partial charge in [0.1, 0.15) is 6.54 Å². The van der Waals surface area contributed by atoms with Gasteiger partial charge in [-0.05, 0) is 54.2 Å². The first-order chi connectivity index (χ1) is 20.8. The van der Waals surface area contributed by atoms with Gasteiger partial charge in [-0.1, -0.05) is 43.5 Å². The van der Waals surface area contributed by atoms with Gasteiger partial charge < -0.3 is 15.3 Å². The number of hydrogen-bond donors (Lipinski definition) is 2. The van der Waals surface area contributed by atoms with Crippen LogP contribution in [0.4, 0.5) is 33.3 Å². The van der Waals surface area contributed by atoms with Crippen molar-refractivity contribution < 1.29 is 45.1 Å². The monoisotopic (exact) mass is 639 g/mol. The predicted molar refractivity (Wildman–Crippen MR) is 152 cm³/mol. The minimum absolute atomic E-state index is 0.0535. The zero-order valence-corrected chi connectivity index (χ0v) is 24.4. The number of likely N-dealkylation sites (N-methyl/N-ethyl adjacent to an activating group) is 1. The molecule has 8 nitrogen and oxygen atoms in total. The number of carbonyl (C=O) groups is 2. The number of hydrogen-bond acceptors (Lipinski definition) is 5. The first-order valence-corrected chi connectivity index (χ1v) is 15.2. The van der Waals surface area contributed by atoms with Crippen LogP contribution in [-0.2, 0) is 26.2 Å². The Morgan fingerprint density at radius 1 is 0.841 bits per heavy atom. The Kier molecular flexibility index (Phi) is 10.3. The van der Waals surface area contributed by atoms with E-state index in [1.165, 1.54) is 35.6 Å². The molecule has 0 radical (unpaired) electrons. The summed E-state index contributed by atoms with van der Waals surface area (Å²) in [6.07, 6.45) is 5.65. The Labute approximate surface area is 251 Å². The second-order valence-electron chi connectivity index (χ2n) is 10.5. The molecule has 0 aliphatic heterocycles. The number of benzene rings is 3. The van der Waals surface area contributed by atoms with Gasteiger partial charge >= 0.3 is 5.97 Å². The molecule has 2 N–H and O–H groups in total. The highest BCUT2D eigenvalue weighted by molar-refractivity contribution is 7.89. The topological polar surface area (TPSA) is 107 Å². The third kappa shape index (κ3) is 7.18. The number of carbonyl (C=O) groups excluding carboxylic acids is 1. The van der Waals surface area contributed by atoms with E-state index in [0.717, 1.165) is 38.3 Å². The molecule has 1 aliphatic carbocycles. The van der Waals surface area contributed by atoms with Crippen LogP contribution < -0.4 is 10.2 Å². The van der Waals surface area contributed by atoms with Crippen molar-refractivity contribution in [3.63, 3.8) is 0 Å². The maximum Gasteiger partial charge on any atom is 0.322 e. The minimum atomic E-state index is -5.36. The average molecular weight is 640 g/mol. The largest absolute Gasteiger partial charge is 0.480 e. The van der Waals surface area contributed by atoms with Crippen LogP contribution in [-0.4, -0.2) is 49.8 Å². The van der Waals surface area contributed by atoms with Crippen molar-refractivity contribution in [1.82, 2.24) is 4.31 Å². The number of halogens is 5. The van der Waals surface area contributed by atoms with Gasteiger partial charge in [0, 0.05) is 18.4 Å². The summed E-state index contributed by atoms with van der Waals surface area (Å²) in [5.41, 5.74) is 2.53. The molecule has 0 saturated heterocycles. The van der Waals surface area contributed by atoms with Gasteiger partial charge in [-0.25, -0.2) is 30.4 Å². The first-order valence-electron chi connectivity index (χ1n) is 13.7. The second kappa shape index (κ2) is 13.7. The standard InChI is InChI=1S/C30H30F5N3O5S/c1-37(44(42,43)30-28(34)26(32)25(31)27(33)29(30)35)17-23(39)38(22-13-11-21(12-14-22)36-15-24(40)41)16-18-7-9-20(10-8-18)19-5-3-2-4-6-19/h7-14,19,36H,2-6,15-17H2,1H3,(H,40,41). The molecule has 0 aromatic heterocycles. The van der Waals surface area contributed by atoms with E-state index in [1.54, 1.807) is 0 Å². The van der Waals surface area contributed by atoms with Crippen LogP contribution in [0.2, 0.25) is 0 Å². The summed E-state index contributed by atoms with van der Waals surface area (Å²) in [7, 11) is -4.58. The van der Waals surface area contributed by atoms with Crippen LogP contribution in [0.5, 0.6) is 0 Å². The predicted octanol–water partition coefficient (Wildman–Crippen LogP) is 5.78. The Balaban J connectivity index is 1.62. The third-order valence-electron chi connectivity index (χ3n) is 7.52. The van der Waals surface area contributed by atoms with E-state index in [1.807, 2.05) is 24.3 Å². The summed E-state index contributed by atoms with van der Waals surface area (Å²) in [4.78, 5) is 23.5. The van der Waals surface area contributed by atoms with Crippen molar-refractivity contribution in [2.45, 2.75) is 49.5 Å². The minimum Gasteiger partial charge on any atom is -0.480 e. The fourth-order valence-corrected chi connectivity index (χ4v) is 6.33. The number of nitrogens with zero attached hydrogens (tertiary/aromatic N) is 2. The van der Waals surface area contributed by atoms with Crippen LogP contribution in [0.3, 0.4) is 0 Å². The number of nitrogens with one attached hydrogen (secondary N) is 1. The molecule has 0 unspecified atom stereocenters. The lowest BCUT2D eigenvalue weighted by atomic mass is 9.84. The number of aliphatic carboxylic acids is 1. The Morgan fingerprint density at radius 3 is 1.93 bits per heavy atom. The molecule has 0 heterocycles. The molecular weight excluding hydrogens is 609 g/mol. The van der Waals surface area contributed by atoms with E-state index in [2.05, 4.69) is 5.32 Å². The highest BCUT2D eigenvalue weighted by atomic mass is 32.2. The van der Waals surface area contributed by atoms with Crippen molar-refractivity contribution in [3.05, 3.63) is 88.7 Å². The molecule has 4 rings (SSSR count). The van der Waals surface area contributed by atoms with Gasteiger partial charge in [0.15, 0.2) is 28.2 Å². The number of anilines is 2. The third-order valence-corrected chi connectivity index (χ3v) is 9.34.